The molecule has 134 valence electrons. The van der Waals surface area contributed by atoms with Crippen molar-refractivity contribution in [3.8, 4) is 0 Å². The van der Waals surface area contributed by atoms with Crippen molar-refractivity contribution in [2.75, 3.05) is 45.8 Å². The summed E-state index contributed by atoms with van der Waals surface area (Å²) in [5.74, 6) is 0.461. The number of nitrogens with one attached hydrogen (secondary N) is 2. The quantitative estimate of drug-likeness (QED) is 0.806. The Morgan fingerprint density at radius 2 is 1.67 bits per heavy atom. The molecule has 1 heterocycles. The first kappa shape index (κ1) is 18.7. The molecule has 1 fully saturated rings. The van der Waals surface area contributed by atoms with Gasteiger partial charge in [0.2, 0.25) is 0 Å². The Morgan fingerprint density at radius 1 is 1.04 bits per heavy atom. The van der Waals surface area contributed by atoms with Crippen molar-refractivity contribution in [1.82, 2.24) is 20.4 Å². The molecule has 0 saturated carbocycles. The summed E-state index contributed by atoms with van der Waals surface area (Å²) in [6.45, 7) is 13.1. The molecular formula is C19H32N4O. The Balaban J connectivity index is 1.95. The summed E-state index contributed by atoms with van der Waals surface area (Å²) in [7, 11) is 0. The van der Waals surface area contributed by atoms with Gasteiger partial charge < -0.3 is 15.5 Å². The van der Waals surface area contributed by atoms with Crippen LogP contribution in [0.15, 0.2) is 30.3 Å². The summed E-state index contributed by atoms with van der Waals surface area (Å²) in [6, 6.07) is 10.7. The zero-order valence-corrected chi connectivity index (χ0v) is 15.3. The second-order valence-electron chi connectivity index (χ2n) is 6.88. The van der Waals surface area contributed by atoms with E-state index < -0.39 is 0 Å². The molecule has 1 aromatic rings. The number of urea groups is 1. The molecule has 0 aliphatic carbocycles. The first-order valence-electron chi connectivity index (χ1n) is 9.13. The zero-order valence-electron chi connectivity index (χ0n) is 15.3. The van der Waals surface area contributed by atoms with Crippen LogP contribution < -0.4 is 10.6 Å². The van der Waals surface area contributed by atoms with Gasteiger partial charge in [-0.2, -0.15) is 0 Å². The minimum absolute atomic E-state index is 0.0724. The van der Waals surface area contributed by atoms with Gasteiger partial charge in [0.25, 0.3) is 0 Å². The summed E-state index contributed by atoms with van der Waals surface area (Å²) in [6.07, 6.45) is 0. The molecule has 1 atom stereocenters. The number of rotatable bonds is 7. The summed E-state index contributed by atoms with van der Waals surface area (Å²) in [4.78, 5) is 17.0. The zero-order chi connectivity index (χ0) is 17.4. The molecule has 1 aromatic carbocycles. The summed E-state index contributed by atoms with van der Waals surface area (Å²) in [5, 5.41) is 5.99. The predicted molar refractivity (Wildman–Crippen MR) is 99.1 cm³/mol. The maximum Gasteiger partial charge on any atom is 0.314 e. The second kappa shape index (κ2) is 9.64. The van der Waals surface area contributed by atoms with Crippen molar-refractivity contribution >= 4 is 6.03 Å². The molecule has 0 spiro atoms. The molecule has 1 saturated heterocycles. The Hall–Kier alpha value is -1.59. The largest absolute Gasteiger partial charge is 0.338 e. The van der Waals surface area contributed by atoms with Crippen molar-refractivity contribution in [2.45, 2.75) is 26.8 Å². The number of likely N-dealkylation sites (N-methyl/N-ethyl adjacent to an activating group) is 1. The molecule has 1 unspecified atom stereocenters. The summed E-state index contributed by atoms with van der Waals surface area (Å²) >= 11 is 0. The van der Waals surface area contributed by atoms with Crippen molar-refractivity contribution in [1.29, 1.82) is 0 Å². The van der Waals surface area contributed by atoms with Crippen LogP contribution in [-0.4, -0.2) is 61.6 Å². The summed E-state index contributed by atoms with van der Waals surface area (Å²) < 4.78 is 0. The molecule has 2 rings (SSSR count). The normalized spacial score (nSPS) is 17.7. The smallest absolute Gasteiger partial charge is 0.314 e. The van der Waals surface area contributed by atoms with Crippen molar-refractivity contribution in [2.24, 2.45) is 5.92 Å². The Morgan fingerprint density at radius 3 is 2.25 bits per heavy atom. The molecule has 24 heavy (non-hydrogen) atoms. The Bertz CT molecular complexity index is 483. The highest BCUT2D eigenvalue weighted by Gasteiger charge is 2.24. The van der Waals surface area contributed by atoms with E-state index >= 15 is 0 Å². The van der Waals surface area contributed by atoms with Gasteiger partial charge in [0, 0.05) is 39.3 Å². The third-order valence-corrected chi connectivity index (χ3v) is 4.61. The number of hydrogen-bond acceptors (Lipinski definition) is 3. The van der Waals surface area contributed by atoms with Crippen LogP contribution in [0.2, 0.25) is 0 Å². The van der Waals surface area contributed by atoms with Gasteiger partial charge in [0.15, 0.2) is 0 Å². The lowest BCUT2D eigenvalue weighted by molar-refractivity contribution is 0.0990. The molecule has 2 N–H and O–H groups in total. The lowest BCUT2D eigenvalue weighted by Crippen LogP contribution is -2.50. The van der Waals surface area contributed by atoms with Crippen LogP contribution in [-0.2, 0) is 0 Å². The van der Waals surface area contributed by atoms with E-state index in [1.165, 1.54) is 5.56 Å². The maximum absolute atomic E-state index is 12.0. The highest BCUT2D eigenvalue weighted by molar-refractivity contribution is 5.73. The average molecular weight is 332 g/mol. The maximum atomic E-state index is 12.0. The van der Waals surface area contributed by atoms with E-state index in [2.05, 4.69) is 65.5 Å². The third kappa shape index (κ3) is 5.80. The minimum atomic E-state index is -0.0724. The molecule has 5 heteroatoms. The molecule has 5 nitrogen and oxygen atoms in total. The predicted octanol–water partition coefficient (Wildman–Crippen LogP) is 2.32. The SMILES string of the molecule is CCN1CCN(C(CNC(=O)NCC(C)C)c2ccccc2)CC1. The molecule has 2 amide bonds. The molecule has 0 radical (unpaired) electrons. The van der Waals surface area contributed by atoms with Crippen LogP contribution in [0.25, 0.3) is 0 Å². The number of amides is 2. The van der Waals surface area contributed by atoms with E-state index in [-0.39, 0.29) is 12.1 Å². The number of carbonyl (C=O) groups excluding carboxylic acids is 1. The van der Waals surface area contributed by atoms with Crippen LogP contribution in [0, 0.1) is 5.92 Å². The lowest BCUT2D eigenvalue weighted by Gasteiger charge is -2.39. The van der Waals surface area contributed by atoms with Crippen LogP contribution in [0.5, 0.6) is 0 Å². The fraction of sp³-hybridized carbons (Fsp3) is 0.632. The molecule has 1 aliphatic rings. The van der Waals surface area contributed by atoms with Gasteiger partial charge in [0.05, 0.1) is 6.04 Å². The second-order valence-corrected chi connectivity index (χ2v) is 6.88. The van der Waals surface area contributed by atoms with Crippen LogP contribution in [0.4, 0.5) is 4.79 Å². The van der Waals surface area contributed by atoms with Gasteiger partial charge in [-0.25, -0.2) is 4.79 Å². The fourth-order valence-electron chi connectivity index (χ4n) is 3.07. The molecule has 0 bridgehead atoms. The van der Waals surface area contributed by atoms with Gasteiger partial charge in [-0.15, -0.1) is 0 Å². The average Bonchev–Trinajstić information content (AvgIpc) is 2.61. The first-order valence-corrected chi connectivity index (χ1v) is 9.13. The van der Waals surface area contributed by atoms with Crippen molar-refractivity contribution in [3.05, 3.63) is 35.9 Å². The lowest BCUT2D eigenvalue weighted by atomic mass is 10.0. The van der Waals surface area contributed by atoms with E-state index in [1.807, 2.05) is 6.07 Å². The number of nitrogens with zero attached hydrogens (tertiary/aromatic N) is 2. The molecule has 0 aromatic heterocycles. The van der Waals surface area contributed by atoms with Gasteiger partial charge in [0.1, 0.15) is 0 Å². The first-order chi connectivity index (χ1) is 11.6. The summed E-state index contributed by atoms with van der Waals surface area (Å²) in [5.41, 5.74) is 1.27. The molecule has 1 aliphatic heterocycles. The number of hydrogen-bond donors (Lipinski definition) is 2. The van der Waals surface area contributed by atoms with Gasteiger partial charge >= 0.3 is 6.03 Å². The highest BCUT2D eigenvalue weighted by atomic mass is 16.2. The standard InChI is InChI=1S/C19H32N4O/c1-4-22-10-12-23(13-11-22)18(17-8-6-5-7-9-17)15-21-19(24)20-14-16(2)3/h5-9,16,18H,4,10-15H2,1-3H3,(H2,20,21,24). The van der Waals surface area contributed by atoms with Gasteiger partial charge in [-0.1, -0.05) is 51.1 Å². The van der Waals surface area contributed by atoms with E-state index in [1.54, 1.807) is 0 Å². The Labute approximate surface area is 146 Å². The number of benzene rings is 1. The topological polar surface area (TPSA) is 47.6 Å². The van der Waals surface area contributed by atoms with E-state index in [0.29, 0.717) is 19.0 Å². The number of piperazine rings is 1. The van der Waals surface area contributed by atoms with E-state index in [0.717, 1.165) is 32.7 Å². The van der Waals surface area contributed by atoms with Crippen LogP contribution in [0.1, 0.15) is 32.4 Å². The fourth-order valence-corrected chi connectivity index (χ4v) is 3.07. The van der Waals surface area contributed by atoms with Crippen LogP contribution >= 0.6 is 0 Å². The van der Waals surface area contributed by atoms with E-state index in [4.69, 9.17) is 0 Å². The highest BCUT2D eigenvalue weighted by Crippen LogP contribution is 2.21. The van der Waals surface area contributed by atoms with Crippen molar-refractivity contribution < 1.29 is 4.79 Å². The monoisotopic (exact) mass is 332 g/mol. The van der Waals surface area contributed by atoms with Crippen molar-refractivity contribution in [3.63, 3.8) is 0 Å². The minimum Gasteiger partial charge on any atom is -0.338 e. The van der Waals surface area contributed by atoms with E-state index in [9.17, 15) is 4.79 Å². The molecular weight excluding hydrogens is 300 g/mol. The van der Waals surface area contributed by atoms with Gasteiger partial charge in [-0.05, 0) is 18.0 Å². The van der Waals surface area contributed by atoms with Gasteiger partial charge in [-0.3, -0.25) is 4.90 Å². The Kier molecular flexibility index (Phi) is 7.53. The van der Waals surface area contributed by atoms with Crippen LogP contribution in [0.3, 0.4) is 0 Å². The third-order valence-electron chi connectivity index (χ3n) is 4.61. The number of carbonyl (C=O) groups is 1.